The fourth-order valence-electron chi connectivity index (χ4n) is 2.45. The van der Waals surface area contributed by atoms with Gasteiger partial charge in [-0.05, 0) is 30.1 Å². The summed E-state index contributed by atoms with van der Waals surface area (Å²) in [6.07, 6.45) is 6.38. The van der Waals surface area contributed by atoms with Crippen molar-refractivity contribution in [2.45, 2.75) is 40.2 Å². The van der Waals surface area contributed by atoms with Gasteiger partial charge in [-0.3, -0.25) is 4.68 Å². The Morgan fingerprint density at radius 1 is 1.50 bits per heavy atom. The van der Waals surface area contributed by atoms with E-state index in [1.807, 2.05) is 10.9 Å². The SMILES string of the molecule is CC(C)C1(C)CC(Cn2ccnn2)C1. The first-order valence-electron chi connectivity index (χ1n) is 5.44. The fourth-order valence-corrected chi connectivity index (χ4v) is 2.45. The molecule has 0 amide bonds. The Balaban J connectivity index is 1.84. The van der Waals surface area contributed by atoms with E-state index in [1.54, 1.807) is 6.20 Å². The van der Waals surface area contributed by atoms with Crippen LogP contribution in [0.1, 0.15) is 33.6 Å². The van der Waals surface area contributed by atoms with Crippen LogP contribution in [0.15, 0.2) is 12.4 Å². The minimum atomic E-state index is 0.575. The minimum absolute atomic E-state index is 0.575. The lowest BCUT2D eigenvalue weighted by Crippen LogP contribution is -2.40. The Morgan fingerprint density at radius 3 is 2.71 bits per heavy atom. The van der Waals surface area contributed by atoms with Crippen molar-refractivity contribution in [3.05, 3.63) is 12.4 Å². The van der Waals surface area contributed by atoms with Crippen LogP contribution < -0.4 is 0 Å². The van der Waals surface area contributed by atoms with Crippen LogP contribution >= 0.6 is 0 Å². The van der Waals surface area contributed by atoms with Crippen LogP contribution in [0.3, 0.4) is 0 Å². The first-order chi connectivity index (χ1) is 6.60. The lowest BCUT2D eigenvalue weighted by Gasteiger charge is -2.48. The quantitative estimate of drug-likeness (QED) is 0.737. The van der Waals surface area contributed by atoms with E-state index in [2.05, 4.69) is 31.1 Å². The predicted molar refractivity (Wildman–Crippen MR) is 55.7 cm³/mol. The smallest absolute Gasteiger partial charge is 0.0692 e. The normalized spacial score (nSPS) is 31.9. The summed E-state index contributed by atoms with van der Waals surface area (Å²) in [5, 5.41) is 7.82. The van der Waals surface area contributed by atoms with Gasteiger partial charge in [-0.2, -0.15) is 0 Å². The predicted octanol–water partition coefficient (Wildman–Crippen LogP) is 2.35. The molecule has 1 aliphatic rings. The summed E-state index contributed by atoms with van der Waals surface area (Å²) in [5.74, 6) is 1.61. The molecule has 1 aromatic rings. The van der Waals surface area contributed by atoms with Crippen LogP contribution in [0.2, 0.25) is 0 Å². The Labute approximate surface area is 85.5 Å². The summed E-state index contributed by atoms with van der Waals surface area (Å²) in [7, 11) is 0. The second-order valence-electron chi connectivity index (χ2n) is 5.21. The molecule has 1 heterocycles. The van der Waals surface area contributed by atoms with Crippen LogP contribution in [0.5, 0.6) is 0 Å². The average Bonchev–Trinajstić information content (AvgIpc) is 2.53. The molecule has 14 heavy (non-hydrogen) atoms. The van der Waals surface area contributed by atoms with Gasteiger partial charge in [0.05, 0.1) is 6.20 Å². The molecule has 0 aliphatic heterocycles. The molecular weight excluding hydrogens is 174 g/mol. The summed E-state index contributed by atoms with van der Waals surface area (Å²) in [4.78, 5) is 0. The lowest BCUT2D eigenvalue weighted by molar-refractivity contribution is 0.0143. The molecular formula is C11H19N3. The van der Waals surface area contributed by atoms with Gasteiger partial charge in [0.1, 0.15) is 0 Å². The van der Waals surface area contributed by atoms with Gasteiger partial charge in [-0.15, -0.1) is 5.10 Å². The van der Waals surface area contributed by atoms with Crippen LogP contribution in [-0.4, -0.2) is 15.0 Å². The van der Waals surface area contributed by atoms with Crippen molar-refractivity contribution in [1.29, 1.82) is 0 Å². The topological polar surface area (TPSA) is 30.7 Å². The molecule has 78 valence electrons. The molecule has 2 rings (SSSR count). The van der Waals surface area contributed by atoms with E-state index in [9.17, 15) is 0 Å². The van der Waals surface area contributed by atoms with Gasteiger partial charge in [0.2, 0.25) is 0 Å². The summed E-state index contributed by atoms with van der Waals surface area (Å²) in [5.41, 5.74) is 0.575. The Morgan fingerprint density at radius 2 is 2.21 bits per heavy atom. The molecule has 3 heteroatoms. The third kappa shape index (κ3) is 1.68. The highest BCUT2D eigenvalue weighted by molar-refractivity contribution is 4.92. The molecule has 1 aromatic heterocycles. The Bertz CT molecular complexity index is 283. The lowest BCUT2D eigenvalue weighted by atomic mass is 9.58. The molecule has 3 nitrogen and oxygen atoms in total. The molecule has 1 saturated carbocycles. The summed E-state index contributed by atoms with van der Waals surface area (Å²) in [6, 6.07) is 0. The van der Waals surface area contributed by atoms with Crippen molar-refractivity contribution in [3.63, 3.8) is 0 Å². The van der Waals surface area contributed by atoms with Crippen LogP contribution in [0.4, 0.5) is 0 Å². The van der Waals surface area contributed by atoms with Crippen LogP contribution in [0.25, 0.3) is 0 Å². The molecule has 0 spiro atoms. The molecule has 0 N–H and O–H groups in total. The second kappa shape index (κ2) is 3.37. The number of hydrogen-bond donors (Lipinski definition) is 0. The maximum atomic E-state index is 4.00. The van der Waals surface area contributed by atoms with Crippen molar-refractivity contribution >= 4 is 0 Å². The summed E-state index contributed by atoms with van der Waals surface area (Å²) < 4.78 is 1.95. The highest BCUT2D eigenvalue weighted by Crippen LogP contribution is 2.50. The summed E-state index contributed by atoms with van der Waals surface area (Å²) in [6.45, 7) is 8.09. The largest absolute Gasteiger partial charge is 0.252 e. The first-order valence-corrected chi connectivity index (χ1v) is 5.44. The fraction of sp³-hybridized carbons (Fsp3) is 0.818. The average molecular weight is 193 g/mol. The van der Waals surface area contributed by atoms with Crippen molar-refractivity contribution in [1.82, 2.24) is 15.0 Å². The molecule has 1 fully saturated rings. The zero-order chi connectivity index (χ0) is 10.2. The molecule has 0 unspecified atom stereocenters. The summed E-state index contributed by atoms with van der Waals surface area (Å²) >= 11 is 0. The van der Waals surface area contributed by atoms with Gasteiger partial charge in [-0.1, -0.05) is 26.0 Å². The highest BCUT2D eigenvalue weighted by atomic mass is 15.4. The van der Waals surface area contributed by atoms with Gasteiger partial charge in [0.25, 0.3) is 0 Å². The molecule has 0 saturated heterocycles. The van der Waals surface area contributed by atoms with Crippen molar-refractivity contribution in [2.75, 3.05) is 0 Å². The molecule has 0 radical (unpaired) electrons. The number of aromatic nitrogens is 3. The van der Waals surface area contributed by atoms with E-state index in [1.165, 1.54) is 12.8 Å². The van der Waals surface area contributed by atoms with E-state index in [0.717, 1.165) is 18.4 Å². The van der Waals surface area contributed by atoms with Gasteiger partial charge < -0.3 is 0 Å². The van der Waals surface area contributed by atoms with Gasteiger partial charge >= 0.3 is 0 Å². The minimum Gasteiger partial charge on any atom is -0.252 e. The number of nitrogens with zero attached hydrogens (tertiary/aromatic N) is 3. The third-order valence-electron chi connectivity index (χ3n) is 3.82. The Kier molecular flexibility index (Phi) is 2.33. The van der Waals surface area contributed by atoms with Gasteiger partial charge in [0.15, 0.2) is 0 Å². The van der Waals surface area contributed by atoms with Crippen LogP contribution in [-0.2, 0) is 6.54 Å². The van der Waals surface area contributed by atoms with Gasteiger partial charge in [-0.25, -0.2) is 0 Å². The zero-order valence-corrected chi connectivity index (χ0v) is 9.27. The third-order valence-corrected chi connectivity index (χ3v) is 3.82. The molecule has 0 bridgehead atoms. The zero-order valence-electron chi connectivity index (χ0n) is 9.27. The number of hydrogen-bond acceptors (Lipinski definition) is 2. The highest BCUT2D eigenvalue weighted by Gasteiger charge is 2.42. The van der Waals surface area contributed by atoms with E-state index in [-0.39, 0.29) is 0 Å². The first kappa shape index (κ1) is 9.69. The maximum Gasteiger partial charge on any atom is 0.0692 e. The number of rotatable bonds is 3. The van der Waals surface area contributed by atoms with E-state index >= 15 is 0 Å². The maximum absolute atomic E-state index is 4.00. The standard InChI is InChI=1S/C11H19N3/c1-9(2)11(3)6-10(7-11)8-14-5-4-12-13-14/h4-5,9-10H,6-8H2,1-3H3. The van der Waals surface area contributed by atoms with E-state index < -0.39 is 0 Å². The van der Waals surface area contributed by atoms with Crippen LogP contribution in [0, 0.1) is 17.3 Å². The van der Waals surface area contributed by atoms with E-state index in [0.29, 0.717) is 5.41 Å². The van der Waals surface area contributed by atoms with Crippen molar-refractivity contribution in [2.24, 2.45) is 17.3 Å². The second-order valence-corrected chi connectivity index (χ2v) is 5.21. The molecule has 0 atom stereocenters. The van der Waals surface area contributed by atoms with Crippen molar-refractivity contribution in [3.8, 4) is 0 Å². The Hall–Kier alpha value is -0.860. The molecule has 1 aliphatic carbocycles. The van der Waals surface area contributed by atoms with E-state index in [4.69, 9.17) is 0 Å². The van der Waals surface area contributed by atoms with Gasteiger partial charge in [0, 0.05) is 12.7 Å². The monoisotopic (exact) mass is 193 g/mol. The molecule has 0 aromatic carbocycles. The van der Waals surface area contributed by atoms with Crippen molar-refractivity contribution < 1.29 is 0 Å².